The first-order valence-corrected chi connectivity index (χ1v) is 30.3. The molecule has 0 saturated carbocycles. The van der Waals surface area contributed by atoms with Gasteiger partial charge in [0.2, 0.25) is 23.0 Å². The van der Waals surface area contributed by atoms with Crippen molar-refractivity contribution in [3.63, 3.8) is 0 Å². The van der Waals surface area contributed by atoms with Gasteiger partial charge in [0.05, 0.1) is 59.7 Å². The van der Waals surface area contributed by atoms with Crippen molar-refractivity contribution in [3.8, 4) is 11.5 Å². The van der Waals surface area contributed by atoms with Crippen LogP contribution in [0.2, 0.25) is 0 Å². The fourth-order valence-corrected chi connectivity index (χ4v) is 9.46. The number of nitrogens with zero attached hydrogens (tertiary/aromatic N) is 8. The van der Waals surface area contributed by atoms with Gasteiger partial charge in [0.25, 0.3) is 6.47 Å². The number of allylic oxidation sites excluding steroid dienone is 1. The Labute approximate surface area is 508 Å². The molecule has 6 aromatic rings. The Balaban J connectivity index is 0.000000484. The van der Waals surface area contributed by atoms with Crippen LogP contribution in [0.4, 0.5) is 69.0 Å². The number of aromatic nitrogens is 4. The number of ether oxygens (including phenoxy) is 2. The summed E-state index contributed by atoms with van der Waals surface area (Å²) in [6.07, 6.45) is 5.54. The van der Waals surface area contributed by atoms with Crippen molar-refractivity contribution in [2.45, 2.75) is 0 Å². The quantitative estimate of drug-likeness (QED) is 0.00710. The van der Waals surface area contributed by atoms with E-state index in [0.29, 0.717) is 57.8 Å². The molecular weight excluding hydrogens is 1120 g/mol. The first kappa shape index (κ1) is 71.1. The summed E-state index contributed by atoms with van der Waals surface area (Å²) in [6, 6.07) is 25.9. The molecule has 0 saturated heterocycles. The summed E-state index contributed by atoms with van der Waals surface area (Å²) in [6.45, 7) is 16.7. The Morgan fingerprint density at radius 1 is 0.634 bits per heavy atom. The number of para-hydroxylation sites is 2. The van der Waals surface area contributed by atoms with Crippen LogP contribution in [0.25, 0.3) is 0 Å². The Kier molecular flexibility index (Phi) is 30.4. The van der Waals surface area contributed by atoms with E-state index in [0.717, 1.165) is 65.6 Å². The van der Waals surface area contributed by atoms with E-state index in [1.165, 1.54) is 6.08 Å². The minimum Gasteiger partial charge on any atom is -0.662 e. The molecule has 436 valence electrons. The number of carbonyl (C=O) groups is 3. The minimum absolute atomic E-state index is 0. The van der Waals surface area contributed by atoms with Crippen LogP contribution in [0.5, 0.6) is 11.5 Å². The smallest absolute Gasteiger partial charge is 0.662 e. The van der Waals surface area contributed by atoms with Crippen molar-refractivity contribution in [3.05, 3.63) is 123 Å². The summed E-state index contributed by atoms with van der Waals surface area (Å²) in [5.74, 6) is 2.66. The molecule has 2 heterocycles. The fourth-order valence-electron chi connectivity index (χ4n) is 7.15. The molecule has 0 atom stereocenters. The average molecular weight is 1200 g/mol. The summed E-state index contributed by atoms with van der Waals surface area (Å²) in [5.41, 5.74) is 12.0. The number of carbonyl (C=O) groups excluding carboxylic acids is 3. The average Bonchev–Trinajstić information content (AvgIpc) is 3.60. The second-order valence-electron chi connectivity index (χ2n) is 18.8. The van der Waals surface area contributed by atoms with E-state index in [1.807, 2.05) is 114 Å². The maximum Gasteiger partial charge on any atom is 1.00 e. The van der Waals surface area contributed by atoms with Crippen LogP contribution in [0, 0.1) is 0 Å². The first-order chi connectivity index (χ1) is 38.3. The molecule has 0 aliphatic carbocycles. The van der Waals surface area contributed by atoms with Crippen molar-refractivity contribution in [1.29, 1.82) is 0 Å². The van der Waals surface area contributed by atoms with Gasteiger partial charge in [-0.1, -0.05) is 37.4 Å². The number of rotatable bonds is 24. The van der Waals surface area contributed by atoms with Crippen LogP contribution in [0.1, 0.15) is 0 Å². The standard InChI is InChI=1S/C27H36N7O3P.C24H34N7O2P.C3H3ClO.CH2O3.Na/c1-8-26(35)30-20-17-21(23(37-5)18-22(20)34(4)16-15-33(2)3)31-27-28-14-13-25(32-27)29-19-11-9-10-12-24(19)38(6,7)36;1-30(2)13-14-31(3)20-16-21(33-4)19(15-17(20)25)28-24-26-12-11-23(29-24)27-18-9-7-8-10-22(18)34(5,6)32;1-2-3(4)5;2-1-4-3;/h8-14,17-18H,1,15-16H2,2-7H3,(H,30,35)(H2,28,29,31,32);7-12,15-16H,13-14,25H2,1-6H3,(H2,26,27,28,29);2H,1H2;1,3H;/q;;;;+1/p-1. The fraction of sp³-hybridized carbons (Fsp3) is 0.291. The zero-order valence-electron chi connectivity index (χ0n) is 48.8. The third kappa shape index (κ3) is 23.8. The van der Waals surface area contributed by atoms with E-state index >= 15 is 0 Å². The van der Waals surface area contributed by atoms with Gasteiger partial charge < -0.3 is 80.7 Å². The van der Waals surface area contributed by atoms with Crippen molar-refractivity contribution in [2.75, 3.05) is 151 Å². The Morgan fingerprint density at radius 3 is 1.41 bits per heavy atom. The molecule has 23 nitrogen and oxygen atoms in total. The third-order valence-corrected chi connectivity index (χ3v) is 14.5. The summed E-state index contributed by atoms with van der Waals surface area (Å²) in [4.78, 5) is 59.1. The number of methoxy groups -OCH3 is 2. The van der Waals surface area contributed by atoms with Crippen LogP contribution in [0.15, 0.2) is 123 Å². The van der Waals surface area contributed by atoms with E-state index < -0.39 is 19.5 Å². The molecule has 0 radical (unpaired) electrons. The van der Waals surface area contributed by atoms with Crippen LogP contribution in [-0.2, 0) is 28.4 Å². The molecule has 4 aromatic carbocycles. The SMILES string of the molecule is C=CC(=O)Cl.C=CC(=O)Nc1cc(Nc2nccc(Nc3ccccc3P(C)(C)=O)n2)c(OC)cc1N(C)CCN(C)C.COc1cc(N(C)CCN(C)C)c(N)cc1Nc1nccc(Nc2ccccc2P(C)(C)=O)n1.O=CO[O-].[Na+]. The summed E-state index contributed by atoms with van der Waals surface area (Å²) >= 11 is 4.71. The number of benzene rings is 4. The summed E-state index contributed by atoms with van der Waals surface area (Å²) < 4.78 is 36.7. The largest absolute Gasteiger partial charge is 1.00 e. The number of nitrogen functional groups attached to an aromatic ring is 1. The van der Waals surface area contributed by atoms with Crippen LogP contribution in [-0.4, -0.2) is 157 Å². The Bertz CT molecular complexity index is 3170. The van der Waals surface area contributed by atoms with Gasteiger partial charge in [-0.2, -0.15) is 9.97 Å². The van der Waals surface area contributed by atoms with E-state index in [4.69, 9.17) is 36.9 Å². The van der Waals surface area contributed by atoms with Crippen LogP contribution in [0.3, 0.4) is 0 Å². The monoisotopic (exact) mass is 1190 g/mol. The van der Waals surface area contributed by atoms with Gasteiger partial charge in [0.15, 0.2) is 0 Å². The summed E-state index contributed by atoms with van der Waals surface area (Å²) in [5, 5.41) is 25.2. The molecule has 2 aromatic heterocycles. The summed E-state index contributed by atoms with van der Waals surface area (Å²) in [7, 11) is 10.3. The molecule has 0 aliphatic rings. The maximum absolute atomic E-state index is 12.7. The van der Waals surface area contributed by atoms with E-state index in [1.54, 1.807) is 71.5 Å². The molecule has 0 spiro atoms. The molecule has 7 N–H and O–H groups in total. The number of nitrogens with one attached hydrogen (secondary N) is 5. The molecule has 0 fully saturated rings. The minimum atomic E-state index is -2.50. The second kappa shape index (κ2) is 35.1. The van der Waals surface area contributed by atoms with Crippen LogP contribution >= 0.6 is 25.9 Å². The molecule has 0 unspecified atom stereocenters. The third-order valence-electron chi connectivity index (χ3n) is 11.2. The number of nitrogens with two attached hydrogens (primary N) is 1. The predicted molar refractivity (Wildman–Crippen MR) is 329 cm³/mol. The Hall–Kier alpha value is -7.04. The van der Waals surface area contributed by atoms with Gasteiger partial charge in [-0.3, -0.25) is 14.4 Å². The number of amides is 1. The Morgan fingerprint density at radius 2 is 1.04 bits per heavy atom. The number of hydrogen-bond acceptors (Lipinski definition) is 22. The van der Waals surface area contributed by atoms with Crippen molar-refractivity contribution >= 4 is 123 Å². The molecule has 0 bridgehead atoms. The number of likely N-dealkylation sites (N-methyl/N-ethyl adjacent to an activating group) is 4. The second-order valence-corrected chi connectivity index (χ2v) is 25.5. The van der Waals surface area contributed by atoms with Gasteiger partial charge in [0.1, 0.15) is 37.4 Å². The molecule has 27 heteroatoms. The van der Waals surface area contributed by atoms with Crippen LogP contribution < -0.4 is 97.0 Å². The van der Waals surface area contributed by atoms with Crippen molar-refractivity contribution in [1.82, 2.24) is 29.7 Å². The number of hydrogen-bond donors (Lipinski definition) is 6. The molecular formula is C55H74ClN14NaO9P2. The first-order valence-electron chi connectivity index (χ1n) is 24.7. The molecule has 1 amide bonds. The number of anilines is 12. The topological polar surface area (TPSA) is 287 Å². The molecule has 6 rings (SSSR count). The van der Waals surface area contributed by atoms with E-state index in [-0.39, 0.29) is 41.9 Å². The number of halogens is 1. The van der Waals surface area contributed by atoms with Crippen molar-refractivity contribution < 1.29 is 72.7 Å². The van der Waals surface area contributed by atoms with E-state index in [2.05, 4.69) is 79.3 Å². The maximum atomic E-state index is 12.7. The predicted octanol–water partition coefficient (Wildman–Crippen LogP) is 4.52. The molecule has 82 heavy (non-hydrogen) atoms. The van der Waals surface area contributed by atoms with E-state index in [9.17, 15) is 18.7 Å². The zero-order valence-corrected chi connectivity index (χ0v) is 53.4. The van der Waals surface area contributed by atoms with Gasteiger partial charge in [-0.15, -0.1) is 0 Å². The van der Waals surface area contributed by atoms with Gasteiger partial charge in [0, 0.05) is 75.4 Å². The van der Waals surface area contributed by atoms with Gasteiger partial charge in [-0.25, -0.2) is 9.97 Å². The van der Waals surface area contributed by atoms with Gasteiger partial charge in [-0.05, 0) is 127 Å². The molecule has 0 aliphatic heterocycles. The zero-order chi connectivity index (χ0) is 60.5. The van der Waals surface area contributed by atoms with Crippen molar-refractivity contribution in [2.24, 2.45) is 0 Å². The normalized spacial score (nSPS) is 10.5. The van der Waals surface area contributed by atoms with Gasteiger partial charge >= 0.3 is 29.6 Å².